The molecular weight excluding hydrogens is 449 g/mol. The second-order valence-corrected chi connectivity index (χ2v) is 8.00. The number of esters is 1. The molecule has 0 aliphatic heterocycles. The van der Waals surface area contributed by atoms with E-state index in [1.54, 1.807) is 7.11 Å². The molecule has 0 saturated carbocycles. The van der Waals surface area contributed by atoms with Crippen LogP contribution in [0.15, 0.2) is 65.7 Å². The predicted molar refractivity (Wildman–Crippen MR) is 122 cm³/mol. The highest BCUT2D eigenvalue weighted by atomic mass is 32.1. The van der Waals surface area contributed by atoms with Crippen LogP contribution in [0.25, 0.3) is 20.7 Å². The van der Waals surface area contributed by atoms with Crippen LogP contribution >= 0.6 is 11.3 Å². The van der Waals surface area contributed by atoms with Crippen molar-refractivity contribution in [3.8, 4) is 16.2 Å². The van der Waals surface area contributed by atoms with Crippen molar-refractivity contribution in [3.05, 3.63) is 77.1 Å². The third-order valence-electron chi connectivity index (χ3n) is 4.67. The van der Waals surface area contributed by atoms with Crippen LogP contribution in [0.4, 0.5) is 10.1 Å². The zero-order valence-electron chi connectivity index (χ0n) is 17.4. The van der Waals surface area contributed by atoms with Crippen molar-refractivity contribution in [1.82, 2.24) is 9.55 Å². The van der Waals surface area contributed by atoms with Gasteiger partial charge in [-0.25, -0.2) is 9.37 Å². The Hall–Kier alpha value is -4.05. The highest BCUT2D eigenvalue weighted by molar-refractivity contribution is 7.22. The first-order valence-electron chi connectivity index (χ1n) is 9.77. The quantitative estimate of drug-likeness (QED) is 0.418. The number of methoxy groups -OCH3 is 1. The van der Waals surface area contributed by atoms with E-state index in [2.05, 4.69) is 10.3 Å². The predicted octanol–water partition coefficient (Wildman–Crippen LogP) is 3.45. The van der Waals surface area contributed by atoms with Crippen molar-refractivity contribution in [1.29, 1.82) is 0 Å². The average molecular weight is 467 g/mol. The summed E-state index contributed by atoms with van der Waals surface area (Å²) in [5, 5.41) is 2.48. The van der Waals surface area contributed by atoms with Gasteiger partial charge in [0.1, 0.15) is 22.8 Å². The van der Waals surface area contributed by atoms with Gasteiger partial charge < -0.3 is 14.8 Å². The second kappa shape index (κ2) is 9.61. The molecular formula is C23H18FN3O5S. The molecule has 0 saturated heterocycles. The van der Waals surface area contributed by atoms with Gasteiger partial charge in [0.2, 0.25) is 0 Å². The first-order valence-corrected chi connectivity index (χ1v) is 10.6. The Morgan fingerprint density at radius 3 is 2.55 bits per heavy atom. The number of carbonyl (C=O) groups is 2. The molecule has 10 heteroatoms. The number of ether oxygens (including phenoxy) is 2. The molecule has 0 aliphatic rings. The fourth-order valence-electron chi connectivity index (χ4n) is 3.02. The summed E-state index contributed by atoms with van der Waals surface area (Å²) in [6, 6.07) is 14.4. The van der Waals surface area contributed by atoms with Crippen molar-refractivity contribution in [2.75, 3.05) is 19.0 Å². The van der Waals surface area contributed by atoms with Crippen LogP contribution in [-0.2, 0) is 20.9 Å². The molecule has 0 spiro atoms. The molecule has 4 rings (SSSR count). The number of thiophene rings is 1. The molecule has 0 atom stereocenters. The maximum absolute atomic E-state index is 12.9. The van der Waals surface area contributed by atoms with E-state index >= 15 is 0 Å². The number of nitrogens with zero attached hydrogens (tertiary/aromatic N) is 2. The van der Waals surface area contributed by atoms with Gasteiger partial charge in [-0.3, -0.25) is 19.0 Å². The molecule has 1 N–H and O–H groups in total. The molecule has 0 bridgehead atoms. The van der Waals surface area contributed by atoms with Crippen LogP contribution in [0.1, 0.15) is 0 Å². The van der Waals surface area contributed by atoms with E-state index in [4.69, 9.17) is 9.47 Å². The summed E-state index contributed by atoms with van der Waals surface area (Å²) in [4.78, 5) is 42.0. The highest BCUT2D eigenvalue weighted by Crippen LogP contribution is 2.31. The van der Waals surface area contributed by atoms with E-state index in [1.165, 1.54) is 41.9 Å². The number of aromatic nitrogens is 2. The number of hydrogen-bond donors (Lipinski definition) is 1. The summed E-state index contributed by atoms with van der Waals surface area (Å²) in [5.74, 6) is -1.06. The number of halogens is 1. The molecule has 2 heterocycles. The third kappa shape index (κ3) is 5.24. The molecule has 0 aliphatic carbocycles. The number of rotatable bonds is 7. The number of fused-ring (bicyclic) bond motifs is 1. The zero-order valence-corrected chi connectivity index (χ0v) is 18.2. The van der Waals surface area contributed by atoms with E-state index in [9.17, 15) is 18.8 Å². The average Bonchev–Trinajstić information content (AvgIpc) is 3.26. The Balaban J connectivity index is 1.41. The summed E-state index contributed by atoms with van der Waals surface area (Å²) in [5.41, 5.74) is 1.43. The van der Waals surface area contributed by atoms with E-state index in [0.29, 0.717) is 15.9 Å². The number of carbonyl (C=O) groups excluding carboxylic acids is 2. The Labute approximate surface area is 191 Å². The third-order valence-corrected chi connectivity index (χ3v) is 5.83. The number of amides is 1. The zero-order chi connectivity index (χ0) is 23.4. The van der Waals surface area contributed by atoms with Gasteiger partial charge in [-0.15, -0.1) is 11.3 Å². The fourth-order valence-corrected chi connectivity index (χ4v) is 4.08. The maximum atomic E-state index is 12.9. The van der Waals surface area contributed by atoms with E-state index in [-0.39, 0.29) is 12.1 Å². The van der Waals surface area contributed by atoms with Gasteiger partial charge in [0.25, 0.3) is 11.5 Å². The van der Waals surface area contributed by atoms with E-state index in [0.717, 1.165) is 20.8 Å². The monoisotopic (exact) mass is 467 g/mol. The molecule has 2 aromatic carbocycles. The molecule has 2 aromatic heterocycles. The minimum absolute atomic E-state index is 0.369. The van der Waals surface area contributed by atoms with Crippen LogP contribution in [0.2, 0.25) is 0 Å². The molecule has 8 nitrogen and oxygen atoms in total. The number of hydrogen-bond acceptors (Lipinski definition) is 7. The van der Waals surface area contributed by atoms with Crippen LogP contribution in [0.3, 0.4) is 0 Å². The molecule has 168 valence electrons. The normalized spacial score (nSPS) is 10.7. The summed E-state index contributed by atoms with van der Waals surface area (Å²) < 4.78 is 24.6. The number of anilines is 1. The number of nitrogens with one attached hydrogen (secondary N) is 1. The van der Waals surface area contributed by atoms with Gasteiger partial charge in [-0.2, -0.15) is 0 Å². The summed E-state index contributed by atoms with van der Waals surface area (Å²) in [6.07, 6.45) is 1.27. The molecule has 0 fully saturated rings. The lowest BCUT2D eigenvalue weighted by Crippen LogP contribution is -2.27. The van der Waals surface area contributed by atoms with E-state index < -0.39 is 24.3 Å². The SMILES string of the molecule is COc1ccc(-c2cc3ncn(CC(=O)OCC(=O)Nc4ccc(F)cc4)c(=O)c3s2)cc1. The number of benzene rings is 2. The van der Waals surface area contributed by atoms with Crippen molar-refractivity contribution in [2.45, 2.75) is 6.54 Å². The maximum Gasteiger partial charge on any atom is 0.326 e. The summed E-state index contributed by atoms with van der Waals surface area (Å²) in [7, 11) is 1.59. The van der Waals surface area contributed by atoms with Crippen LogP contribution in [0, 0.1) is 5.82 Å². The van der Waals surface area contributed by atoms with Crippen LogP contribution in [-0.4, -0.2) is 35.1 Å². The first kappa shape index (κ1) is 22.2. The molecule has 0 radical (unpaired) electrons. The standard InChI is InChI=1S/C23H18FN3O5S/c1-31-17-8-2-14(3-9-17)19-10-18-22(33-19)23(30)27(13-25-18)11-21(29)32-12-20(28)26-16-6-4-15(24)5-7-16/h2-10,13H,11-12H2,1H3,(H,26,28). The van der Waals surface area contributed by atoms with Gasteiger partial charge in [0, 0.05) is 10.6 Å². The fraction of sp³-hybridized carbons (Fsp3) is 0.130. The highest BCUT2D eigenvalue weighted by Gasteiger charge is 2.14. The lowest BCUT2D eigenvalue weighted by atomic mass is 10.2. The molecule has 0 unspecified atom stereocenters. The Morgan fingerprint density at radius 2 is 1.85 bits per heavy atom. The van der Waals surface area contributed by atoms with Crippen molar-refractivity contribution in [2.24, 2.45) is 0 Å². The van der Waals surface area contributed by atoms with Crippen molar-refractivity contribution >= 4 is 39.1 Å². The summed E-state index contributed by atoms with van der Waals surface area (Å²) in [6.45, 7) is -0.928. The Morgan fingerprint density at radius 1 is 1.12 bits per heavy atom. The largest absolute Gasteiger partial charge is 0.497 e. The lowest BCUT2D eigenvalue weighted by molar-refractivity contribution is -0.147. The van der Waals surface area contributed by atoms with Gasteiger partial charge in [0.15, 0.2) is 6.61 Å². The van der Waals surface area contributed by atoms with Crippen LogP contribution < -0.4 is 15.6 Å². The molecule has 4 aromatic rings. The molecule has 33 heavy (non-hydrogen) atoms. The molecule has 1 amide bonds. The minimum atomic E-state index is -0.764. The van der Waals surface area contributed by atoms with Gasteiger partial charge in [-0.05, 0) is 60.2 Å². The minimum Gasteiger partial charge on any atom is -0.497 e. The van der Waals surface area contributed by atoms with Gasteiger partial charge in [0.05, 0.1) is 19.0 Å². The first-order chi connectivity index (χ1) is 15.9. The smallest absolute Gasteiger partial charge is 0.326 e. The second-order valence-electron chi connectivity index (χ2n) is 6.95. The van der Waals surface area contributed by atoms with E-state index in [1.807, 2.05) is 30.3 Å². The van der Waals surface area contributed by atoms with Gasteiger partial charge >= 0.3 is 5.97 Å². The van der Waals surface area contributed by atoms with Crippen LogP contribution in [0.5, 0.6) is 5.75 Å². The van der Waals surface area contributed by atoms with Crippen molar-refractivity contribution < 1.29 is 23.5 Å². The lowest BCUT2D eigenvalue weighted by Gasteiger charge is -2.07. The summed E-state index contributed by atoms with van der Waals surface area (Å²) >= 11 is 1.27. The van der Waals surface area contributed by atoms with Gasteiger partial charge in [-0.1, -0.05) is 0 Å². The topological polar surface area (TPSA) is 99.5 Å². The Kier molecular flexibility index (Phi) is 6.45. The van der Waals surface area contributed by atoms with Crippen molar-refractivity contribution in [3.63, 3.8) is 0 Å². The Bertz CT molecular complexity index is 1360.